The van der Waals surface area contributed by atoms with Crippen LogP contribution in [0.4, 0.5) is 4.79 Å². The molecule has 2 amide bonds. The largest absolute Gasteiger partial charge is 0.480 e. The molecule has 2 aliphatic rings. The molecule has 1 aromatic rings. The molecule has 3 N–H and O–H groups in total. The number of hydrogen-bond acceptors (Lipinski definition) is 3. The molecule has 2 heterocycles. The van der Waals surface area contributed by atoms with Crippen molar-refractivity contribution in [2.75, 3.05) is 6.54 Å². The lowest BCUT2D eigenvalue weighted by Crippen LogP contribution is -2.52. The van der Waals surface area contributed by atoms with E-state index in [-0.39, 0.29) is 19.0 Å². The molecule has 7 nitrogen and oxygen atoms in total. The number of aliphatic carboxylic acids is 1. The average Bonchev–Trinajstić information content (AvgIpc) is 3.10. The maximum absolute atomic E-state index is 12.1. The molecule has 1 aliphatic carbocycles. The number of fused-ring (bicyclic) bond motifs is 1. The molecule has 0 saturated heterocycles. The summed E-state index contributed by atoms with van der Waals surface area (Å²) in [4.78, 5) is 31.8. The number of carboxylic acid groups (broad SMARTS) is 1. The lowest BCUT2D eigenvalue weighted by molar-refractivity contribution is -0.142. The molecule has 0 aromatic carbocycles. The first-order valence-corrected chi connectivity index (χ1v) is 6.43. The number of rotatable bonds is 3. The predicted octanol–water partition coefficient (Wildman–Crippen LogP) is 0.341. The van der Waals surface area contributed by atoms with Gasteiger partial charge in [0.1, 0.15) is 6.04 Å². The number of H-pyrrole nitrogens is 1. The third kappa shape index (κ3) is 2.40. The summed E-state index contributed by atoms with van der Waals surface area (Å²) < 4.78 is 0. The molecule has 0 spiro atoms. The van der Waals surface area contributed by atoms with Gasteiger partial charge < -0.3 is 20.3 Å². The van der Waals surface area contributed by atoms with Crippen LogP contribution in [0.5, 0.6) is 0 Å². The molecule has 1 saturated carbocycles. The van der Waals surface area contributed by atoms with Crippen molar-refractivity contribution in [1.29, 1.82) is 0 Å². The third-order valence-corrected chi connectivity index (χ3v) is 3.68. The Labute approximate surface area is 110 Å². The second kappa shape index (κ2) is 4.56. The monoisotopic (exact) mass is 264 g/mol. The summed E-state index contributed by atoms with van der Waals surface area (Å²) in [5.74, 6) is -0.421. The fraction of sp³-hybridized carbons (Fsp3) is 0.583. The van der Waals surface area contributed by atoms with E-state index in [2.05, 4.69) is 15.3 Å². The molecular formula is C12H16N4O3. The fourth-order valence-corrected chi connectivity index (χ4v) is 2.33. The van der Waals surface area contributed by atoms with E-state index in [1.54, 1.807) is 0 Å². The molecule has 7 heteroatoms. The maximum atomic E-state index is 12.1. The van der Waals surface area contributed by atoms with Crippen LogP contribution in [-0.2, 0) is 17.8 Å². The minimum atomic E-state index is -0.991. The summed E-state index contributed by atoms with van der Waals surface area (Å²) in [6.45, 7) is 0.903. The number of amides is 2. The zero-order valence-corrected chi connectivity index (χ0v) is 10.4. The minimum absolute atomic E-state index is 0.255. The first kappa shape index (κ1) is 12.0. The van der Waals surface area contributed by atoms with Crippen LogP contribution in [0.1, 0.15) is 24.2 Å². The minimum Gasteiger partial charge on any atom is -0.480 e. The van der Waals surface area contributed by atoms with Crippen molar-refractivity contribution in [1.82, 2.24) is 20.2 Å². The molecule has 1 fully saturated rings. The molecule has 1 aromatic heterocycles. The van der Waals surface area contributed by atoms with E-state index in [4.69, 9.17) is 0 Å². The SMILES string of the molecule is O=C(O)C1Cc2nc[nH]c2CN1C(=O)NCC1CC1. The van der Waals surface area contributed by atoms with Crippen LogP contribution < -0.4 is 5.32 Å². The van der Waals surface area contributed by atoms with Crippen molar-refractivity contribution in [2.45, 2.75) is 31.8 Å². The summed E-state index contributed by atoms with van der Waals surface area (Å²) in [5.41, 5.74) is 1.55. The number of carbonyl (C=O) groups is 2. The van der Waals surface area contributed by atoms with E-state index >= 15 is 0 Å². The molecule has 1 aliphatic heterocycles. The number of urea groups is 1. The van der Waals surface area contributed by atoms with Crippen molar-refractivity contribution >= 4 is 12.0 Å². The van der Waals surface area contributed by atoms with Gasteiger partial charge in [-0.05, 0) is 18.8 Å². The molecule has 1 atom stereocenters. The number of aromatic amines is 1. The van der Waals surface area contributed by atoms with Gasteiger partial charge in [-0.1, -0.05) is 0 Å². The Kier molecular flexibility index (Phi) is 2.88. The van der Waals surface area contributed by atoms with E-state index in [1.807, 2.05) is 0 Å². The van der Waals surface area contributed by atoms with E-state index in [0.717, 1.165) is 24.2 Å². The van der Waals surface area contributed by atoms with E-state index < -0.39 is 12.0 Å². The molecular weight excluding hydrogens is 248 g/mol. The standard InChI is InChI=1S/C12H16N4O3/c17-11(18)10-3-8-9(15-6-14-8)5-16(10)12(19)13-4-7-1-2-7/h6-7,10H,1-5H2,(H,13,19)(H,14,15)(H,17,18). The number of carbonyl (C=O) groups excluding carboxylic acids is 1. The van der Waals surface area contributed by atoms with E-state index in [0.29, 0.717) is 12.5 Å². The smallest absolute Gasteiger partial charge is 0.326 e. The van der Waals surface area contributed by atoms with Gasteiger partial charge in [0, 0.05) is 13.0 Å². The van der Waals surface area contributed by atoms with Gasteiger partial charge in [0.15, 0.2) is 0 Å². The van der Waals surface area contributed by atoms with Gasteiger partial charge in [0.05, 0.1) is 24.3 Å². The second-order valence-corrected chi connectivity index (χ2v) is 5.14. The van der Waals surface area contributed by atoms with Crippen molar-refractivity contribution < 1.29 is 14.7 Å². The van der Waals surface area contributed by atoms with Gasteiger partial charge in [-0.25, -0.2) is 14.6 Å². The van der Waals surface area contributed by atoms with Gasteiger partial charge in [-0.15, -0.1) is 0 Å². The van der Waals surface area contributed by atoms with Gasteiger partial charge in [0.25, 0.3) is 0 Å². The van der Waals surface area contributed by atoms with Crippen LogP contribution in [0.25, 0.3) is 0 Å². The second-order valence-electron chi connectivity index (χ2n) is 5.14. The Morgan fingerprint density at radius 2 is 2.32 bits per heavy atom. The quantitative estimate of drug-likeness (QED) is 0.733. The number of carboxylic acids is 1. The summed E-state index contributed by atoms with van der Waals surface area (Å²) >= 11 is 0. The maximum Gasteiger partial charge on any atom is 0.326 e. The van der Waals surface area contributed by atoms with Crippen LogP contribution >= 0.6 is 0 Å². The van der Waals surface area contributed by atoms with Crippen LogP contribution in [0.2, 0.25) is 0 Å². The van der Waals surface area contributed by atoms with Crippen molar-refractivity contribution in [3.8, 4) is 0 Å². The van der Waals surface area contributed by atoms with Crippen LogP contribution in [-0.4, -0.2) is 44.6 Å². The number of hydrogen-bond donors (Lipinski definition) is 3. The van der Waals surface area contributed by atoms with Crippen molar-refractivity contribution in [3.05, 3.63) is 17.7 Å². The Bertz CT molecular complexity index is 509. The van der Waals surface area contributed by atoms with Crippen molar-refractivity contribution in [3.63, 3.8) is 0 Å². The Morgan fingerprint density at radius 3 is 3.00 bits per heavy atom. The van der Waals surface area contributed by atoms with Gasteiger partial charge in [-0.2, -0.15) is 0 Å². The average molecular weight is 264 g/mol. The Hall–Kier alpha value is -2.05. The first-order valence-electron chi connectivity index (χ1n) is 6.43. The summed E-state index contributed by atoms with van der Waals surface area (Å²) in [7, 11) is 0. The zero-order valence-electron chi connectivity index (χ0n) is 10.4. The molecule has 0 bridgehead atoms. The van der Waals surface area contributed by atoms with Crippen LogP contribution in [0.15, 0.2) is 6.33 Å². The van der Waals surface area contributed by atoms with E-state index in [1.165, 1.54) is 11.2 Å². The summed E-state index contributed by atoms with van der Waals surface area (Å²) in [6.07, 6.45) is 4.08. The highest BCUT2D eigenvalue weighted by Gasteiger charge is 2.36. The highest BCUT2D eigenvalue weighted by Crippen LogP contribution is 2.28. The third-order valence-electron chi connectivity index (χ3n) is 3.68. The zero-order chi connectivity index (χ0) is 13.4. The fourth-order valence-electron chi connectivity index (χ4n) is 2.33. The van der Waals surface area contributed by atoms with Gasteiger partial charge in [0.2, 0.25) is 0 Å². The molecule has 0 radical (unpaired) electrons. The first-order chi connectivity index (χ1) is 9.15. The normalized spacial score (nSPS) is 21.9. The molecule has 3 rings (SSSR count). The number of aromatic nitrogens is 2. The highest BCUT2D eigenvalue weighted by atomic mass is 16.4. The molecule has 102 valence electrons. The lowest BCUT2D eigenvalue weighted by Gasteiger charge is -2.32. The van der Waals surface area contributed by atoms with E-state index in [9.17, 15) is 14.7 Å². The summed E-state index contributed by atoms with van der Waals surface area (Å²) in [5, 5.41) is 12.1. The molecule has 19 heavy (non-hydrogen) atoms. The van der Waals surface area contributed by atoms with Crippen LogP contribution in [0, 0.1) is 5.92 Å². The van der Waals surface area contributed by atoms with Crippen molar-refractivity contribution in [2.24, 2.45) is 5.92 Å². The summed E-state index contributed by atoms with van der Waals surface area (Å²) in [6, 6.07) is -1.14. The highest BCUT2D eigenvalue weighted by molar-refractivity contribution is 5.83. The predicted molar refractivity (Wildman–Crippen MR) is 65.4 cm³/mol. The number of nitrogens with zero attached hydrogens (tertiary/aromatic N) is 2. The topological polar surface area (TPSA) is 98.3 Å². The Balaban J connectivity index is 1.73. The Morgan fingerprint density at radius 1 is 1.53 bits per heavy atom. The number of imidazole rings is 1. The number of nitrogens with one attached hydrogen (secondary N) is 2. The molecule has 1 unspecified atom stereocenters. The van der Waals surface area contributed by atoms with Gasteiger partial charge in [-0.3, -0.25) is 0 Å². The van der Waals surface area contributed by atoms with Crippen LogP contribution in [0.3, 0.4) is 0 Å². The lowest BCUT2D eigenvalue weighted by atomic mass is 10.0. The van der Waals surface area contributed by atoms with Gasteiger partial charge >= 0.3 is 12.0 Å².